The number of H-pyrrole nitrogens is 2. The summed E-state index contributed by atoms with van der Waals surface area (Å²) in [5.74, 6) is -0.893. The maximum Gasteiger partial charge on any atom is 0.307 e. The van der Waals surface area contributed by atoms with Crippen LogP contribution in [0.2, 0.25) is 0 Å². The summed E-state index contributed by atoms with van der Waals surface area (Å²) in [6, 6.07) is 16.0. The van der Waals surface area contributed by atoms with Crippen molar-refractivity contribution in [1.82, 2.24) is 10.2 Å². The quantitative estimate of drug-likeness (QED) is 0.626. The highest BCUT2D eigenvalue weighted by atomic mass is 16.4. The number of nitrogens with one attached hydrogen (secondary N) is 2. The van der Waals surface area contributed by atoms with Crippen LogP contribution in [0.4, 0.5) is 11.4 Å². The monoisotopic (exact) mass is 322 g/mol. The number of aliphatic carboxylic acids is 1. The van der Waals surface area contributed by atoms with Gasteiger partial charge in [-0.15, -0.1) is 5.11 Å². The van der Waals surface area contributed by atoms with Crippen LogP contribution in [-0.4, -0.2) is 21.3 Å². The van der Waals surface area contributed by atoms with Gasteiger partial charge in [0.2, 0.25) is 0 Å². The van der Waals surface area contributed by atoms with Crippen molar-refractivity contribution in [3.8, 4) is 11.3 Å². The van der Waals surface area contributed by atoms with E-state index in [4.69, 9.17) is 5.11 Å². The van der Waals surface area contributed by atoms with Gasteiger partial charge in [0.05, 0.1) is 17.8 Å². The van der Waals surface area contributed by atoms with E-state index in [2.05, 4.69) is 20.4 Å². The smallest absolute Gasteiger partial charge is 0.307 e. The zero-order valence-corrected chi connectivity index (χ0v) is 12.6. The average molecular weight is 322 g/mol. The van der Waals surface area contributed by atoms with E-state index in [0.717, 1.165) is 5.56 Å². The Morgan fingerprint density at radius 2 is 1.67 bits per heavy atom. The van der Waals surface area contributed by atoms with Crippen LogP contribution in [-0.2, 0) is 11.2 Å². The van der Waals surface area contributed by atoms with Crippen molar-refractivity contribution in [2.75, 3.05) is 0 Å². The predicted octanol–water partition coefficient (Wildman–Crippen LogP) is 3.41. The van der Waals surface area contributed by atoms with E-state index in [0.29, 0.717) is 16.9 Å². The van der Waals surface area contributed by atoms with Crippen LogP contribution >= 0.6 is 0 Å². The first-order valence-electron chi connectivity index (χ1n) is 7.22. The first-order chi connectivity index (χ1) is 11.6. The fourth-order valence-corrected chi connectivity index (χ4v) is 2.22. The molecule has 120 valence electrons. The summed E-state index contributed by atoms with van der Waals surface area (Å²) < 4.78 is 0. The highest BCUT2D eigenvalue weighted by Gasteiger charge is 2.11. The van der Waals surface area contributed by atoms with Crippen LogP contribution < -0.4 is 5.56 Å². The SMILES string of the molecule is O=C(O)Cc1ccc(N=Nc2c(-c3ccccc3)[nH][nH]c2=O)cc1. The third-order valence-electron chi connectivity index (χ3n) is 3.37. The normalized spacial score (nSPS) is 11.0. The lowest BCUT2D eigenvalue weighted by atomic mass is 10.1. The third-order valence-corrected chi connectivity index (χ3v) is 3.37. The van der Waals surface area contributed by atoms with Gasteiger partial charge >= 0.3 is 5.97 Å². The molecule has 3 rings (SSSR count). The summed E-state index contributed by atoms with van der Waals surface area (Å²) in [6.45, 7) is 0. The molecule has 3 N–H and O–H groups in total. The molecule has 0 radical (unpaired) electrons. The zero-order chi connectivity index (χ0) is 16.9. The molecule has 0 fully saturated rings. The van der Waals surface area contributed by atoms with E-state index in [1.165, 1.54) is 0 Å². The number of aromatic nitrogens is 2. The molecule has 24 heavy (non-hydrogen) atoms. The molecule has 0 unspecified atom stereocenters. The molecule has 0 saturated heterocycles. The minimum absolute atomic E-state index is 0.0486. The average Bonchev–Trinajstić information content (AvgIpc) is 2.95. The Balaban J connectivity index is 1.86. The van der Waals surface area contributed by atoms with Crippen molar-refractivity contribution in [2.45, 2.75) is 6.42 Å². The molecule has 3 aromatic rings. The molecule has 7 nitrogen and oxygen atoms in total. The van der Waals surface area contributed by atoms with Crippen molar-refractivity contribution in [2.24, 2.45) is 10.2 Å². The molecular weight excluding hydrogens is 308 g/mol. The van der Waals surface area contributed by atoms with E-state index in [9.17, 15) is 9.59 Å². The van der Waals surface area contributed by atoms with Crippen LogP contribution in [0.15, 0.2) is 69.6 Å². The molecule has 0 aliphatic carbocycles. The first kappa shape index (κ1) is 15.4. The molecule has 0 amide bonds. The Labute approximate surface area is 136 Å². The van der Waals surface area contributed by atoms with Crippen LogP contribution in [0.25, 0.3) is 11.3 Å². The number of aromatic amines is 2. The largest absolute Gasteiger partial charge is 0.481 e. The number of rotatable bonds is 5. The third kappa shape index (κ3) is 3.46. The lowest BCUT2D eigenvalue weighted by molar-refractivity contribution is -0.136. The fourth-order valence-electron chi connectivity index (χ4n) is 2.22. The van der Waals surface area contributed by atoms with Gasteiger partial charge in [0, 0.05) is 5.56 Å². The van der Waals surface area contributed by atoms with Gasteiger partial charge < -0.3 is 5.11 Å². The Morgan fingerprint density at radius 1 is 0.958 bits per heavy atom. The maximum absolute atomic E-state index is 11.9. The van der Waals surface area contributed by atoms with Gasteiger partial charge in [-0.25, -0.2) is 0 Å². The second-order valence-electron chi connectivity index (χ2n) is 5.11. The number of carbonyl (C=O) groups is 1. The topological polar surface area (TPSA) is 111 Å². The summed E-state index contributed by atoms with van der Waals surface area (Å²) in [5.41, 5.74) is 2.42. The molecular formula is C17H14N4O3. The van der Waals surface area contributed by atoms with Gasteiger partial charge in [-0.2, -0.15) is 5.11 Å². The van der Waals surface area contributed by atoms with Gasteiger partial charge in [0.25, 0.3) is 5.56 Å². The van der Waals surface area contributed by atoms with Crippen LogP contribution in [0.5, 0.6) is 0 Å². The number of carboxylic acids is 1. The van der Waals surface area contributed by atoms with Gasteiger partial charge in [-0.05, 0) is 17.7 Å². The Morgan fingerprint density at radius 3 is 2.33 bits per heavy atom. The molecule has 0 aliphatic heterocycles. The lowest BCUT2D eigenvalue weighted by Crippen LogP contribution is -1.99. The van der Waals surface area contributed by atoms with Gasteiger partial charge in [0.15, 0.2) is 5.69 Å². The van der Waals surface area contributed by atoms with E-state index in [1.54, 1.807) is 24.3 Å². The zero-order valence-electron chi connectivity index (χ0n) is 12.6. The molecule has 2 aromatic carbocycles. The standard InChI is InChI=1S/C17H14N4O3/c22-14(23)10-11-6-8-13(9-7-11)18-20-16-15(19-21-17(16)24)12-4-2-1-3-5-12/h1-9H,10H2,(H,22,23)(H2,19,21,24). The van der Waals surface area contributed by atoms with Gasteiger partial charge in [0.1, 0.15) is 0 Å². The number of carboxylic acid groups (broad SMARTS) is 1. The summed E-state index contributed by atoms with van der Waals surface area (Å²) in [6.07, 6.45) is -0.0486. The predicted molar refractivity (Wildman–Crippen MR) is 88.8 cm³/mol. The molecule has 1 aromatic heterocycles. The molecule has 0 aliphatic rings. The molecule has 0 bridgehead atoms. The van der Waals surface area contributed by atoms with Crippen molar-refractivity contribution < 1.29 is 9.90 Å². The van der Waals surface area contributed by atoms with Crippen LogP contribution in [0, 0.1) is 0 Å². The highest BCUT2D eigenvalue weighted by molar-refractivity contribution is 5.71. The number of nitrogens with zero attached hydrogens (tertiary/aromatic N) is 2. The van der Waals surface area contributed by atoms with Crippen molar-refractivity contribution in [3.05, 3.63) is 70.5 Å². The van der Waals surface area contributed by atoms with Gasteiger partial charge in [-0.3, -0.25) is 19.8 Å². The maximum atomic E-state index is 11.9. The summed E-state index contributed by atoms with van der Waals surface area (Å²) in [5, 5.41) is 22.1. The lowest BCUT2D eigenvalue weighted by Gasteiger charge is -1.98. The van der Waals surface area contributed by atoms with E-state index >= 15 is 0 Å². The first-order valence-corrected chi connectivity index (χ1v) is 7.22. The summed E-state index contributed by atoms with van der Waals surface area (Å²) in [7, 11) is 0. The van der Waals surface area contributed by atoms with Crippen molar-refractivity contribution in [3.63, 3.8) is 0 Å². The second-order valence-corrected chi connectivity index (χ2v) is 5.11. The summed E-state index contributed by atoms with van der Waals surface area (Å²) >= 11 is 0. The van der Waals surface area contributed by atoms with Crippen LogP contribution in [0.3, 0.4) is 0 Å². The summed E-state index contributed by atoms with van der Waals surface area (Å²) in [4.78, 5) is 22.6. The molecule has 0 spiro atoms. The molecule has 7 heteroatoms. The minimum atomic E-state index is -0.893. The van der Waals surface area contributed by atoms with Crippen molar-refractivity contribution >= 4 is 17.3 Å². The Bertz CT molecular complexity index is 924. The minimum Gasteiger partial charge on any atom is -0.481 e. The Hall–Kier alpha value is -3.48. The number of benzene rings is 2. The molecule has 1 heterocycles. The second kappa shape index (κ2) is 6.74. The van der Waals surface area contributed by atoms with Crippen molar-refractivity contribution in [1.29, 1.82) is 0 Å². The fraction of sp³-hybridized carbons (Fsp3) is 0.0588. The van der Waals surface area contributed by atoms with E-state index in [1.807, 2.05) is 30.3 Å². The van der Waals surface area contributed by atoms with Gasteiger partial charge in [-0.1, -0.05) is 42.5 Å². The van der Waals surface area contributed by atoms with Crippen LogP contribution in [0.1, 0.15) is 5.56 Å². The molecule has 0 atom stereocenters. The number of hydrogen-bond acceptors (Lipinski definition) is 4. The molecule has 0 saturated carbocycles. The highest BCUT2D eigenvalue weighted by Crippen LogP contribution is 2.26. The Kier molecular flexibility index (Phi) is 4.33. The number of azo groups is 1. The van der Waals surface area contributed by atoms with E-state index in [-0.39, 0.29) is 17.7 Å². The number of hydrogen-bond donors (Lipinski definition) is 3. The van der Waals surface area contributed by atoms with E-state index < -0.39 is 5.97 Å².